The Hall–Kier alpha value is -0.380. The van der Waals surface area contributed by atoms with Crippen molar-refractivity contribution in [1.29, 1.82) is 0 Å². The molecule has 15 heavy (non-hydrogen) atoms. The first kappa shape index (κ1) is 11.1. The fourth-order valence-corrected chi connectivity index (χ4v) is 2.17. The van der Waals surface area contributed by atoms with Gasteiger partial charge in [0.2, 0.25) is 0 Å². The van der Waals surface area contributed by atoms with Crippen LogP contribution in [0.3, 0.4) is 0 Å². The third-order valence-electron chi connectivity index (χ3n) is 2.85. The number of hydrogen-bond acceptors (Lipinski definition) is 2. The Morgan fingerprint density at radius 1 is 1.33 bits per heavy atom. The molecule has 1 N–H and O–H groups in total. The van der Waals surface area contributed by atoms with E-state index in [2.05, 4.69) is 28.1 Å². The van der Waals surface area contributed by atoms with Gasteiger partial charge in [-0.25, -0.2) is 0 Å². The molecule has 1 heterocycles. The van der Waals surface area contributed by atoms with E-state index < -0.39 is 0 Å². The van der Waals surface area contributed by atoms with Crippen molar-refractivity contribution in [2.45, 2.75) is 18.9 Å². The summed E-state index contributed by atoms with van der Waals surface area (Å²) in [5, 5.41) is 9.80. The van der Waals surface area contributed by atoms with Crippen LogP contribution in [-0.4, -0.2) is 24.4 Å². The first-order chi connectivity index (χ1) is 7.25. The normalized spacial score (nSPS) is 26.5. The summed E-state index contributed by atoms with van der Waals surface area (Å²) < 4.78 is 6.47. The molecule has 0 aromatic heterocycles. The highest BCUT2D eigenvalue weighted by Gasteiger charge is 2.23. The van der Waals surface area contributed by atoms with Crippen LogP contribution in [0.1, 0.15) is 12.0 Å². The number of hydrogen-bond donors (Lipinski definition) is 1. The Morgan fingerprint density at radius 3 is 2.73 bits per heavy atom. The highest BCUT2D eigenvalue weighted by molar-refractivity contribution is 9.10. The fraction of sp³-hybridized carbons (Fsp3) is 0.500. The smallest absolute Gasteiger partial charge is 0.0615 e. The maximum atomic E-state index is 9.80. The molecular weight excluding hydrogens is 256 g/mol. The van der Waals surface area contributed by atoms with Crippen molar-refractivity contribution in [3.63, 3.8) is 0 Å². The van der Waals surface area contributed by atoms with E-state index in [9.17, 15) is 5.11 Å². The lowest BCUT2D eigenvalue weighted by Gasteiger charge is -2.27. The fourth-order valence-electron chi connectivity index (χ4n) is 1.90. The van der Waals surface area contributed by atoms with Gasteiger partial charge in [0, 0.05) is 17.0 Å². The number of benzene rings is 1. The Bertz CT molecular complexity index is 310. The maximum absolute atomic E-state index is 9.80. The summed E-state index contributed by atoms with van der Waals surface area (Å²) in [5.74, 6) is 0.250. The van der Waals surface area contributed by atoms with Crippen molar-refractivity contribution in [1.82, 2.24) is 0 Å². The summed E-state index contributed by atoms with van der Waals surface area (Å²) in [6.07, 6.45) is 1.46. The molecule has 0 radical (unpaired) electrons. The second-order valence-electron chi connectivity index (χ2n) is 4.02. The zero-order valence-corrected chi connectivity index (χ0v) is 10.1. The molecule has 2 nitrogen and oxygen atoms in total. The van der Waals surface area contributed by atoms with Crippen molar-refractivity contribution in [2.75, 3.05) is 13.2 Å². The molecule has 1 saturated heterocycles. The monoisotopic (exact) mass is 270 g/mol. The molecule has 0 bridgehead atoms. The lowest BCUT2D eigenvalue weighted by Crippen LogP contribution is -2.33. The van der Waals surface area contributed by atoms with Gasteiger partial charge in [-0.15, -0.1) is 0 Å². The highest BCUT2D eigenvalue weighted by atomic mass is 79.9. The standard InChI is InChI=1S/C12H15BrO2/c13-11-3-1-9(2-4-11)7-10-8-15-6-5-12(10)14/h1-4,10,12,14H,5-8H2. The zero-order chi connectivity index (χ0) is 10.7. The van der Waals surface area contributed by atoms with Gasteiger partial charge in [0.25, 0.3) is 0 Å². The molecule has 1 aromatic rings. The molecule has 2 unspecified atom stereocenters. The summed E-state index contributed by atoms with van der Waals surface area (Å²) >= 11 is 3.41. The van der Waals surface area contributed by atoms with Crippen LogP contribution in [0.5, 0.6) is 0 Å². The Labute approximate surface area is 98.4 Å². The van der Waals surface area contributed by atoms with Crippen molar-refractivity contribution in [3.8, 4) is 0 Å². The van der Waals surface area contributed by atoms with Gasteiger partial charge >= 0.3 is 0 Å². The Balaban J connectivity index is 1.98. The van der Waals surface area contributed by atoms with Crippen LogP contribution in [0.25, 0.3) is 0 Å². The van der Waals surface area contributed by atoms with Gasteiger partial charge in [-0.05, 0) is 30.5 Å². The third kappa shape index (κ3) is 3.03. The van der Waals surface area contributed by atoms with E-state index in [1.54, 1.807) is 0 Å². The molecule has 2 rings (SSSR count). The van der Waals surface area contributed by atoms with Gasteiger partial charge in [0.05, 0.1) is 12.7 Å². The van der Waals surface area contributed by atoms with E-state index >= 15 is 0 Å². The second-order valence-corrected chi connectivity index (χ2v) is 4.94. The maximum Gasteiger partial charge on any atom is 0.0615 e. The van der Waals surface area contributed by atoms with Crippen molar-refractivity contribution < 1.29 is 9.84 Å². The van der Waals surface area contributed by atoms with Crippen LogP contribution in [0.15, 0.2) is 28.7 Å². The zero-order valence-electron chi connectivity index (χ0n) is 8.53. The van der Waals surface area contributed by atoms with E-state index in [0.717, 1.165) is 17.3 Å². The molecule has 2 atom stereocenters. The number of ether oxygens (including phenoxy) is 1. The SMILES string of the molecule is OC1CCOCC1Cc1ccc(Br)cc1. The van der Waals surface area contributed by atoms with Crippen LogP contribution in [0, 0.1) is 5.92 Å². The predicted molar refractivity (Wildman–Crippen MR) is 62.8 cm³/mol. The van der Waals surface area contributed by atoms with Crippen LogP contribution >= 0.6 is 15.9 Å². The van der Waals surface area contributed by atoms with Gasteiger partial charge in [-0.2, -0.15) is 0 Å². The molecule has 0 saturated carbocycles. The minimum Gasteiger partial charge on any atom is -0.393 e. The molecule has 0 amide bonds. The van der Waals surface area contributed by atoms with E-state index in [1.165, 1.54) is 5.56 Å². The molecule has 3 heteroatoms. The van der Waals surface area contributed by atoms with Crippen LogP contribution in [0.4, 0.5) is 0 Å². The summed E-state index contributed by atoms with van der Waals surface area (Å²) in [5.41, 5.74) is 1.26. The predicted octanol–water partition coefficient (Wildman–Crippen LogP) is 2.39. The van der Waals surface area contributed by atoms with Gasteiger partial charge in [-0.1, -0.05) is 28.1 Å². The number of aliphatic hydroxyl groups is 1. The molecule has 82 valence electrons. The summed E-state index contributed by atoms with van der Waals surface area (Å²) in [4.78, 5) is 0. The number of rotatable bonds is 2. The lowest BCUT2D eigenvalue weighted by atomic mass is 9.92. The van der Waals surface area contributed by atoms with Crippen molar-refractivity contribution in [3.05, 3.63) is 34.3 Å². The van der Waals surface area contributed by atoms with E-state index in [4.69, 9.17) is 4.74 Å². The van der Waals surface area contributed by atoms with Gasteiger partial charge in [0.1, 0.15) is 0 Å². The third-order valence-corrected chi connectivity index (χ3v) is 3.37. The van der Waals surface area contributed by atoms with Crippen LogP contribution in [0.2, 0.25) is 0 Å². The first-order valence-electron chi connectivity index (χ1n) is 5.26. The first-order valence-corrected chi connectivity index (χ1v) is 6.05. The Morgan fingerprint density at radius 2 is 2.07 bits per heavy atom. The molecule has 1 aliphatic rings. The topological polar surface area (TPSA) is 29.5 Å². The number of aliphatic hydroxyl groups excluding tert-OH is 1. The molecule has 0 spiro atoms. The molecule has 1 aliphatic heterocycles. The minimum absolute atomic E-state index is 0.206. The lowest BCUT2D eigenvalue weighted by molar-refractivity contribution is -0.0350. The largest absolute Gasteiger partial charge is 0.393 e. The minimum atomic E-state index is -0.206. The molecule has 1 fully saturated rings. The number of halogens is 1. The second kappa shape index (κ2) is 5.10. The summed E-state index contributed by atoms with van der Waals surface area (Å²) in [6.45, 7) is 1.37. The average Bonchev–Trinajstić information content (AvgIpc) is 2.25. The van der Waals surface area contributed by atoms with E-state index in [-0.39, 0.29) is 12.0 Å². The van der Waals surface area contributed by atoms with Crippen molar-refractivity contribution in [2.24, 2.45) is 5.92 Å². The van der Waals surface area contributed by atoms with Gasteiger partial charge < -0.3 is 9.84 Å². The van der Waals surface area contributed by atoms with Crippen molar-refractivity contribution >= 4 is 15.9 Å². The van der Waals surface area contributed by atoms with E-state index in [0.29, 0.717) is 13.2 Å². The molecular formula is C12H15BrO2. The van der Waals surface area contributed by atoms with E-state index in [1.807, 2.05) is 12.1 Å². The Kier molecular flexibility index (Phi) is 3.78. The summed E-state index contributed by atoms with van der Waals surface area (Å²) in [7, 11) is 0. The van der Waals surface area contributed by atoms with Gasteiger partial charge in [-0.3, -0.25) is 0 Å². The highest BCUT2D eigenvalue weighted by Crippen LogP contribution is 2.20. The molecule has 1 aromatic carbocycles. The average molecular weight is 271 g/mol. The van der Waals surface area contributed by atoms with Gasteiger partial charge in [0.15, 0.2) is 0 Å². The van der Waals surface area contributed by atoms with Crippen LogP contribution in [-0.2, 0) is 11.2 Å². The van der Waals surface area contributed by atoms with Crippen LogP contribution < -0.4 is 0 Å². The quantitative estimate of drug-likeness (QED) is 0.895. The summed E-state index contributed by atoms with van der Waals surface area (Å²) in [6, 6.07) is 8.24. The molecule has 0 aliphatic carbocycles.